The molecule has 2 aromatic heterocycles. The average molecular weight is 402 g/mol. The lowest BCUT2D eigenvalue weighted by atomic mass is 10.0. The molecule has 0 N–H and O–H groups in total. The third-order valence-electron chi connectivity index (χ3n) is 4.73. The van der Waals surface area contributed by atoms with Crippen LogP contribution in [0.3, 0.4) is 0 Å². The van der Waals surface area contributed by atoms with Crippen molar-refractivity contribution in [3.05, 3.63) is 82.7 Å². The monoisotopic (exact) mass is 402 g/mol. The number of hydrogen-bond acceptors (Lipinski definition) is 5. The summed E-state index contributed by atoms with van der Waals surface area (Å²) in [6.45, 7) is 3.73. The molecule has 0 radical (unpaired) electrons. The van der Waals surface area contributed by atoms with E-state index in [2.05, 4.69) is 0 Å². The molecule has 0 bridgehead atoms. The van der Waals surface area contributed by atoms with Gasteiger partial charge in [-0.2, -0.15) is 5.26 Å². The van der Waals surface area contributed by atoms with Gasteiger partial charge in [0, 0.05) is 24.4 Å². The van der Waals surface area contributed by atoms with Crippen LogP contribution in [-0.4, -0.2) is 36.0 Å². The highest BCUT2D eigenvalue weighted by atomic mass is 16.6. The number of esters is 1. The number of benzene rings is 1. The van der Waals surface area contributed by atoms with Crippen LogP contribution in [0.25, 0.3) is 11.6 Å². The van der Waals surface area contributed by atoms with E-state index in [1.807, 2.05) is 49.4 Å². The highest BCUT2D eigenvalue weighted by Gasteiger charge is 2.22. The van der Waals surface area contributed by atoms with Crippen molar-refractivity contribution < 1.29 is 19.1 Å². The molecule has 6 heteroatoms. The zero-order valence-corrected chi connectivity index (χ0v) is 17.1. The van der Waals surface area contributed by atoms with Gasteiger partial charge in [0.15, 0.2) is 0 Å². The predicted molar refractivity (Wildman–Crippen MR) is 113 cm³/mol. The van der Waals surface area contributed by atoms with Crippen LogP contribution in [0, 0.1) is 18.3 Å². The molecule has 0 amide bonds. The summed E-state index contributed by atoms with van der Waals surface area (Å²) in [6, 6.07) is 16.4. The molecule has 152 valence electrons. The lowest BCUT2D eigenvalue weighted by molar-refractivity contribution is -0.145. The van der Waals surface area contributed by atoms with Crippen LogP contribution in [0.15, 0.2) is 60.3 Å². The van der Waals surface area contributed by atoms with Crippen molar-refractivity contribution in [1.82, 2.24) is 4.40 Å². The minimum absolute atomic E-state index is 0.135. The van der Waals surface area contributed by atoms with Crippen LogP contribution in [0.4, 0.5) is 0 Å². The van der Waals surface area contributed by atoms with E-state index in [0.717, 1.165) is 5.52 Å². The summed E-state index contributed by atoms with van der Waals surface area (Å²) in [4.78, 5) is 25.6. The molecule has 3 aromatic rings. The highest BCUT2D eigenvalue weighted by molar-refractivity contribution is 6.11. The maximum Gasteiger partial charge on any atom is 0.349 e. The summed E-state index contributed by atoms with van der Waals surface area (Å²) >= 11 is 0. The third kappa shape index (κ3) is 4.17. The van der Waals surface area contributed by atoms with E-state index in [9.17, 15) is 14.9 Å². The van der Waals surface area contributed by atoms with Gasteiger partial charge in [0.05, 0.1) is 17.8 Å². The van der Waals surface area contributed by atoms with Crippen molar-refractivity contribution in [3.63, 3.8) is 0 Å². The lowest BCUT2D eigenvalue weighted by Crippen LogP contribution is -2.20. The van der Waals surface area contributed by atoms with Gasteiger partial charge in [-0.25, -0.2) is 4.79 Å². The number of fused-ring (bicyclic) bond motifs is 1. The zero-order valence-electron chi connectivity index (χ0n) is 17.1. The quantitative estimate of drug-likeness (QED) is 0.259. The maximum atomic E-state index is 13.2. The molecule has 0 saturated heterocycles. The summed E-state index contributed by atoms with van der Waals surface area (Å²) in [7, 11) is 1.51. The number of rotatable bonds is 7. The van der Waals surface area contributed by atoms with Crippen molar-refractivity contribution in [1.29, 1.82) is 5.26 Å². The van der Waals surface area contributed by atoms with E-state index in [-0.39, 0.29) is 18.0 Å². The van der Waals surface area contributed by atoms with Gasteiger partial charge in [0.25, 0.3) is 0 Å². The van der Waals surface area contributed by atoms with E-state index in [0.29, 0.717) is 22.4 Å². The molecule has 0 aliphatic heterocycles. The Morgan fingerprint density at radius 2 is 1.87 bits per heavy atom. The molecule has 1 atom stereocenters. The largest absolute Gasteiger partial charge is 0.456 e. The molecule has 2 heterocycles. The van der Waals surface area contributed by atoms with Gasteiger partial charge >= 0.3 is 5.97 Å². The van der Waals surface area contributed by atoms with Gasteiger partial charge in [-0.05, 0) is 37.6 Å². The molecule has 0 saturated carbocycles. The number of nitriles is 1. The Kier molecular flexibility index (Phi) is 6.45. The van der Waals surface area contributed by atoms with Gasteiger partial charge in [0.2, 0.25) is 5.78 Å². The molecule has 6 nitrogen and oxygen atoms in total. The van der Waals surface area contributed by atoms with Crippen LogP contribution in [0.1, 0.15) is 34.1 Å². The molecule has 0 fully saturated rings. The van der Waals surface area contributed by atoms with Crippen LogP contribution in [-0.2, 0) is 14.3 Å². The maximum absolute atomic E-state index is 13.2. The first kappa shape index (κ1) is 21.0. The molecular weight excluding hydrogens is 380 g/mol. The van der Waals surface area contributed by atoms with Crippen molar-refractivity contribution >= 4 is 23.3 Å². The Morgan fingerprint density at radius 3 is 2.53 bits per heavy atom. The fourth-order valence-corrected chi connectivity index (χ4v) is 3.34. The molecule has 0 unspecified atom stereocenters. The number of ether oxygens (including phenoxy) is 2. The Balaban J connectivity index is 2.10. The first-order valence-corrected chi connectivity index (χ1v) is 9.49. The molecular formula is C24H22N2O4. The van der Waals surface area contributed by atoms with Crippen molar-refractivity contribution in [3.8, 4) is 6.07 Å². The topological polar surface area (TPSA) is 80.8 Å². The average Bonchev–Trinajstić information content (AvgIpc) is 3.03. The van der Waals surface area contributed by atoms with Crippen molar-refractivity contribution in [2.75, 3.05) is 13.7 Å². The summed E-state index contributed by atoms with van der Waals surface area (Å²) in [6.07, 6.45) is 2.79. The second kappa shape index (κ2) is 9.21. The molecule has 0 aliphatic rings. The predicted octanol–water partition coefficient (Wildman–Crippen LogP) is 3.96. The summed E-state index contributed by atoms with van der Waals surface area (Å²) < 4.78 is 12.0. The second-order valence-electron chi connectivity index (χ2n) is 6.88. The van der Waals surface area contributed by atoms with Gasteiger partial charge in [0.1, 0.15) is 17.7 Å². The molecule has 3 rings (SSSR count). The summed E-state index contributed by atoms with van der Waals surface area (Å²) in [5.41, 5.74) is 2.94. The number of nitrogens with zero attached hydrogens (tertiary/aromatic N) is 2. The normalized spacial score (nSPS) is 12.4. The van der Waals surface area contributed by atoms with Crippen molar-refractivity contribution in [2.24, 2.45) is 0 Å². The van der Waals surface area contributed by atoms with Crippen LogP contribution in [0.2, 0.25) is 0 Å². The second-order valence-corrected chi connectivity index (χ2v) is 6.88. The Morgan fingerprint density at radius 1 is 1.17 bits per heavy atom. The fraction of sp³-hybridized carbons (Fsp3) is 0.208. The van der Waals surface area contributed by atoms with Crippen LogP contribution >= 0.6 is 0 Å². The van der Waals surface area contributed by atoms with E-state index >= 15 is 0 Å². The van der Waals surface area contributed by atoms with E-state index in [1.165, 1.54) is 13.2 Å². The first-order chi connectivity index (χ1) is 14.5. The number of methoxy groups -OCH3 is 1. The number of aromatic nitrogens is 1. The number of carbonyl (C=O) groups excluding carboxylic acids is 2. The molecule has 30 heavy (non-hydrogen) atoms. The number of pyridine rings is 1. The summed E-state index contributed by atoms with van der Waals surface area (Å²) in [5.74, 6) is -0.864. The lowest BCUT2D eigenvalue weighted by Gasteiger charge is -2.11. The summed E-state index contributed by atoms with van der Waals surface area (Å²) in [5, 5.41) is 9.53. The zero-order chi connectivity index (χ0) is 21.7. The number of carbonyl (C=O) groups is 2. The molecule has 0 aliphatic carbocycles. The van der Waals surface area contributed by atoms with Gasteiger partial charge < -0.3 is 13.9 Å². The Bertz CT molecular complexity index is 1150. The van der Waals surface area contributed by atoms with Crippen LogP contribution < -0.4 is 0 Å². The Labute approximate surface area is 175 Å². The third-order valence-corrected chi connectivity index (χ3v) is 4.73. The number of ketones is 1. The van der Waals surface area contributed by atoms with Crippen molar-refractivity contribution in [2.45, 2.75) is 20.0 Å². The minimum Gasteiger partial charge on any atom is -0.456 e. The van der Waals surface area contributed by atoms with Gasteiger partial charge in [-0.3, -0.25) is 4.79 Å². The van der Waals surface area contributed by atoms with Gasteiger partial charge in [-0.15, -0.1) is 0 Å². The Hall–Kier alpha value is -3.69. The van der Waals surface area contributed by atoms with E-state index in [1.54, 1.807) is 29.7 Å². The minimum atomic E-state index is -0.729. The SMILES string of the molecule is COC[C@H](C)OC(=O)/C(C#N)=C/c1c(C)c(C(=O)c2ccccc2)n2ccccc12. The van der Waals surface area contributed by atoms with Gasteiger partial charge in [-0.1, -0.05) is 36.4 Å². The highest BCUT2D eigenvalue weighted by Crippen LogP contribution is 2.27. The van der Waals surface area contributed by atoms with E-state index < -0.39 is 12.1 Å². The molecule has 0 spiro atoms. The fourth-order valence-electron chi connectivity index (χ4n) is 3.34. The number of hydrogen-bond donors (Lipinski definition) is 0. The molecule has 1 aromatic carbocycles. The van der Waals surface area contributed by atoms with E-state index in [4.69, 9.17) is 9.47 Å². The first-order valence-electron chi connectivity index (χ1n) is 9.49. The smallest absolute Gasteiger partial charge is 0.349 e. The van der Waals surface area contributed by atoms with Crippen LogP contribution in [0.5, 0.6) is 0 Å². The standard InChI is InChI=1S/C24H22N2O4/c1-16(15-29-3)30-24(28)19(14-25)13-20-17(2)22(26-12-8-7-11-21(20)26)23(27)18-9-5-4-6-10-18/h4-13,16H,15H2,1-3H3/b19-13+/t16-/m0/s1.